The van der Waals surface area contributed by atoms with E-state index in [1.165, 1.54) is 11.1 Å². The van der Waals surface area contributed by atoms with Crippen LogP contribution in [0, 0.1) is 7.14 Å². The van der Waals surface area contributed by atoms with Crippen molar-refractivity contribution >= 4 is 82.5 Å². The third kappa shape index (κ3) is 10.6. The first-order valence-corrected chi connectivity index (χ1v) is 20.8. The van der Waals surface area contributed by atoms with E-state index < -0.39 is 20.2 Å². The van der Waals surface area contributed by atoms with Gasteiger partial charge in [-0.15, -0.1) is 0 Å². The van der Waals surface area contributed by atoms with Crippen molar-refractivity contribution in [3.63, 3.8) is 0 Å². The molecule has 0 saturated carbocycles. The van der Waals surface area contributed by atoms with Crippen LogP contribution < -0.4 is 34.5 Å². The topological polar surface area (TPSA) is 121 Å². The zero-order valence-corrected chi connectivity index (χ0v) is 36.0. The van der Waals surface area contributed by atoms with Crippen LogP contribution in [0.1, 0.15) is 64.5 Å². The van der Waals surface area contributed by atoms with Gasteiger partial charge in [-0.1, -0.05) is 56.4 Å². The van der Waals surface area contributed by atoms with Crippen molar-refractivity contribution in [2.24, 2.45) is 0 Å². The van der Waals surface area contributed by atoms with Crippen LogP contribution in [0.4, 0.5) is 11.4 Å². The van der Waals surface area contributed by atoms with Crippen molar-refractivity contribution in [3.8, 4) is 0 Å². The van der Waals surface area contributed by atoms with Crippen LogP contribution in [0.2, 0.25) is 0 Å². The van der Waals surface area contributed by atoms with Crippen LogP contribution in [0.5, 0.6) is 0 Å². The van der Waals surface area contributed by atoms with Gasteiger partial charge in [0.05, 0.1) is 25.7 Å². The van der Waals surface area contributed by atoms with Crippen molar-refractivity contribution in [1.82, 2.24) is 0 Å². The molecule has 2 aliphatic heterocycles. The van der Waals surface area contributed by atoms with Gasteiger partial charge in [0.15, 0.2) is 5.71 Å². The van der Waals surface area contributed by atoms with E-state index in [2.05, 4.69) is 131 Å². The van der Waals surface area contributed by atoms with E-state index >= 15 is 0 Å². The smallest absolute Gasteiger partial charge is 0.748 e. The maximum absolute atomic E-state index is 11.1. The number of halogens is 2. The quantitative estimate of drug-likeness (QED) is 0.0694. The van der Waals surface area contributed by atoms with Gasteiger partial charge in [0.25, 0.3) is 0 Å². The second-order valence-corrected chi connectivity index (χ2v) is 18.4. The second-order valence-electron chi connectivity index (χ2n) is 12.9. The number of benzene rings is 2. The summed E-state index contributed by atoms with van der Waals surface area (Å²) in [5, 5.41) is 0. The number of hydrogen-bond donors (Lipinski definition) is 0. The molecule has 0 bridgehead atoms. The minimum atomic E-state index is -4.23. The summed E-state index contributed by atoms with van der Waals surface area (Å²) in [6, 6.07) is 12.8. The molecular weight excluding hydrogens is 885 g/mol. The normalized spacial score (nSPS) is 18.0. The molecule has 4 rings (SSSR count). The average molecular weight is 927 g/mol. The fraction of sp³-hybridized carbons (Fsp3) is 0.400. The molecule has 0 saturated heterocycles. The zero-order chi connectivity index (χ0) is 34.6. The summed E-state index contributed by atoms with van der Waals surface area (Å²) in [5.41, 5.74) is 6.34. The van der Waals surface area contributed by atoms with Gasteiger partial charge in [-0.05, 0) is 108 Å². The van der Waals surface area contributed by atoms with Gasteiger partial charge < -0.3 is 14.0 Å². The Hall–Kier alpha value is -0.850. The molecule has 2 aromatic rings. The average Bonchev–Trinajstić information content (AvgIpc) is 3.29. The first-order valence-electron chi connectivity index (χ1n) is 15.5. The van der Waals surface area contributed by atoms with Gasteiger partial charge in [-0.25, -0.2) is 16.8 Å². The van der Waals surface area contributed by atoms with E-state index in [1.54, 1.807) is 0 Å². The summed E-state index contributed by atoms with van der Waals surface area (Å²) in [7, 11) is -8.47. The molecule has 0 aliphatic carbocycles. The number of fused-ring (bicyclic) bond motifs is 2. The van der Waals surface area contributed by atoms with Crippen LogP contribution in [0.3, 0.4) is 0 Å². The largest absolute Gasteiger partial charge is 1.00 e. The Bertz CT molecular complexity index is 1880. The number of anilines is 1. The van der Waals surface area contributed by atoms with Gasteiger partial charge in [0, 0.05) is 66.1 Å². The Balaban J connectivity index is 0.00000625. The Morgan fingerprint density at radius 1 is 0.750 bits per heavy atom. The van der Waals surface area contributed by atoms with E-state index in [0.29, 0.717) is 38.8 Å². The van der Waals surface area contributed by atoms with E-state index in [4.69, 9.17) is 0 Å². The number of rotatable bonds is 14. The molecule has 254 valence electrons. The molecule has 0 N–H and O–H groups in total. The van der Waals surface area contributed by atoms with E-state index in [0.717, 1.165) is 29.9 Å². The molecule has 8 nitrogen and oxygen atoms in total. The van der Waals surface area contributed by atoms with Crippen molar-refractivity contribution < 1.29 is 60.1 Å². The Morgan fingerprint density at radius 2 is 1.31 bits per heavy atom. The fourth-order valence-electron chi connectivity index (χ4n) is 6.39. The molecule has 13 heteroatoms. The second kappa shape index (κ2) is 17.1. The van der Waals surface area contributed by atoms with E-state index in [-0.39, 0.29) is 51.9 Å². The minimum absolute atomic E-state index is 0. The molecule has 0 amide bonds. The van der Waals surface area contributed by atoms with Gasteiger partial charge in [-0.2, -0.15) is 4.58 Å². The van der Waals surface area contributed by atoms with Crippen LogP contribution >= 0.6 is 45.2 Å². The summed E-state index contributed by atoms with van der Waals surface area (Å²) in [4.78, 5) is 2.24. The Kier molecular flexibility index (Phi) is 14.8. The first kappa shape index (κ1) is 41.6. The number of nitrogens with zero attached hydrogens (tertiary/aromatic N) is 2. The van der Waals surface area contributed by atoms with Crippen LogP contribution in [0.15, 0.2) is 84.6 Å². The summed E-state index contributed by atoms with van der Waals surface area (Å²) < 4.78 is 71.2. The van der Waals surface area contributed by atoms with E-state index in [1.807, 2.05) is 30.4 Å². The molecule has 48 heavy (non-hydrogen) atoms. The van der Waals surface area contributed by atoms with Gasteiger partial charge in [-0.3, -0.25) is 0 Å². The summed E-state index contributed by atoms with van der Waals surface area (Å²) in [6.07, 6.45) is 15.9. The molecule has 0 fully saturated rings. The van der Waals surface area contributed by atoms with Gasteiger partial charge in [0.2, 0.25) is 5.69 Å². The molecule has 2 aliphatic rings. The summed E-state index contributed by atoms with van der Waals surface area (Å²) in [5.74, 6) is -0.710. The molecule has 0 spiro atoms. The maximum Gasteiger partial charge on any atom is 1.00 e. The van der Waals surface area contributed by atoms with Crippen molar-refractivity contribution in [3.05, 3.63) is 103 Å². The molecule has 0 atom stereocenters. The third-order valence-electron chi connectivity index (χ3n) is 8.71. The number of allylic oxidation sites excluding steroid dienone is 8. The van der Waals surface area contributed by atoms with Crippen LogP contribution in [0.25, 0.3) is 0 Å². The Morgan fingerprint density at radius 3 is 1.96 bits per heavy atom. The molecule has 0 aromatic heterocycles. The monoisotopic (exact) mass is 926 g/mol. The standard InChI is InChI=1S/C35H42I2N2O6S2.Na/c1-34(2)28-18-16-26(36)24-30(28)38(20-10-12-22-46(40,41)42)32(34)14-8-6-5-7-9-15-33-35(3,4)29-19-17-27(37)25-31(29)39(33)21-11-13-23-47(43,44)45;/h5-9,14-19,24-25H,10-13,20-23H2,1-4H3,(H-,40,41,42,43,44,45);/q;+1/p-1. The van der Waals surface area contributed by atoms with E-state index in [9.17, 15) is 25.9 Å². The summed E-state index contributed by atoms with van der Waals surface area (Å²) in [6.45, 7) is 9.97. The van der Waals surface area contributed by atoms with Crippen molar-refractivity contribution in [1.29, 1.82) is 0 Å². The molecule has 2 heterocycles. The zero-order valence-electron chi connectivity index (χ0n) is 28.1. The Labute approximate surface area is 335 Å². The molecular formula is C35H41I2N2NaO6S2. The van der Waals surface area contributed by atoms with Crippen molar-refractivity contribution in [2.45, 2.75) is 64.2 Å². The third-order valence-corrected chi connectivity index (χ3v) is 11.6. The predicted molar refractivity (Wildman–Crippen MR) is 205 cm³/mol. The number of hydrogen-bond acceptors (Lipinski definition) is 7. The molecule has 0 unspecified atom stereocenters. The molecule has 0 radical (unpaired) electrons. The van der Waals surface area contributed by atoms with Gasteiger partial charge in [0.1, 0.15) is 6.54 Å². The van der Waals surface area contributed by atoms with Crippen molar-refractivity contribution in [2.75, 3.05) is 29.5 Å². The van der Waals surface area contributed by atoms with Gasteiger partial charge >= 0.3 is 29.6 Å². The fourth-order valence-corrected chi connectivity index (χ4v) is 8.45. The van der Waals surface area contributed by atoms with Crippen LogP contribution in [-0.4, -0.2) is 60.8 Å². The SMILES string of the molecule is CC1(C)C(/C=C/C=C/C=C/C=C2/N(CCCCS(=O)(=O)[O-])c3cc(I)ccc3C2(C)C)=[N+](CCCCS(=O)(=O)[O-])c2cc(I)ccc21.[Na+]. The summed E-state index contributed by atoms with van der Waals surface area (Å²) >= 11 is 4.60. The van der Waals surface area contributed by atoms with Crippen LogP contribution in [-0.2, 0) is 31.1 Å². The first-order chi connectivity index (χ1) is 21.9. The predicted octanol–water partition coefficient (Wildman–Crippen LogP) is 4.28. The number of unbranched alkanes of at least 4 members (excludes halogenated alkanes) is 2. The maximum atomic E-state index is 11.1. The molecule has 2 aromatic carbocycles. The minimum Gasteiger partial charge on any atom is -0.748 e.